The van der Waals surface area contributed by atoms with E-state index in [0.717, 1.165) is 5.56 Å². The van der Waals surface area contributed by atoms with E-state index in [1.807, 2.05) is 6.07 Å². The molecule has 0 atom stereocenters. The summed E-state index contributed by atoms with van der Waals surface area (Å²) in [6, 6.07) is 12.3. The van der Waals surface area contributed by atoms with Crippen LogP contribution in [0.5, 0.6) is 23.0 Å². The van der Waals surface area contributed by atoms with E-state index in [1.165, 1.54) is 7.11 Å². The van der Waals surface area contributed by atoms with E-state index < -0.39 is 0 Å². The average Bonchev–Trinajstić information content (AvgIpc) is 2.55. The number of rotatable bonds is 6. The molecule has 0 radical (unpaired) electrons. The zero-order valence-corrected chi connectivity index (χ0v) is 12.8. The first-order valence-electron chi connectivity index (χ1n) is 6.72. The van der Waals surface area contributed by atoms with Gasteiger partial charge in [-0.25, -0.2) is 0 Å². The van der Waals surface area contributed by atoms with Crippen molar-refractivity contribution in [2.24, 2.45) is 0 Å². The molecule has 0 saturated carbocycles. The summed E-state index contributed by atoms with van der Waals surface area (Å²) < 4.78 is 20.9. The monoisotopic (exact) mass is 302 g/mol. The molecule has 0 N–H and O–H groups in total. The van der Waals surface area contributed by atoms with Gasteiger partial charge in [-0.3, -0.25) is 4.79 Å². The summed E-state index contributed by atoms with van der Waals surface area (Å²) in [5, 5.41) is 0. The Hall–Kier alpha value is -2.69. The summed E-state index contributed by atoms with van der Waals surface area (Å²) in [6.07, 6.45) is 0.123. The summed E-state index contributed by atoms with van der Waals surface area (Å²) in [5.74, 6) is 1.73. The third-order valence-corrected chi connectivity index (χ3v) is 3.09. The van der Waals surface area contributed by atoms with Crippen molar-refractivity contribution in [3.8, 4) is 23.0 Å². The average molecular weight is 302 g/mol. The molecule has 0 saturated heterocycles. The second-order valence-corrected chi connectivity index (χ2v) is 4.49. The number of para-hydroxylation sites is 2. The van der Waals surface area contributed by atoms with Gasteiger partial charge in [0, 0.05) is 0 Å². The van der Waals surface area contributed by atoms with E-state index in [0.29, 0.717) is 23.0 Å². The van der Waals surface area contributed by atoms with Crippen LogP contribution in [-0.4, -0.2) is 27.3 Å². The number of carbonyl (C=O) groups is 1. The third kappa shape index (κ3) is 3.69. The molecule has 116 valence electrons. The molecule has 22 heavy (non-hydrogen) atoms. The molecule has 0 spiro atoms. The summed E-state index contributed by atoms with van der Waals surface area (Å²) in [7, 11) is 4.64. The standard InChI is InChI=1S/C17H18O5/c1-19-13-6-4-5-7-15(13)22-17(18)11-12-8-9-14(20-2)16(10-12)21-3/h4-10H,11H2,1-3H3. The minimum absolute atomic E-state index is 0.123. The zero-order chi connectivity index (χ0) is 15.9. The molecule has 0 unspecified atom stereocenters. The summed E-state index contributed by atoms with van der Waals surface area (Å²) >= 11 is 0. The van der Waals surface area contributed by atoms with Gasteiger partial charge in [0.25, 0.3) is 0 Å². The number of esters is 1. The lowest BCUT2D eigenvalue weighted by molar-refractivity contribution is -0.133. The fraction of sp³-hybridized carbons (Fsp3) is 0.235. The molecule has 0 aliphatic heterocycles. The van der Waals surface area contributed by atoms with E-state index in [4.69, 9.17) is 18.9 Å². The minimum atomic E-state index is -0.378. The lowest BCUT2D eigenvalue weighted by Crippen LogP contribution is -2.12. The molecule has 0 aromatic heterocycles. The molecule has 5 nitrogen and oxygen atoms in total. The van der Waals surface area contributed by atoms with Gasteiger partial charge < -0.3 is 18.9 Å². The SMILES string of the molecule is COc1ccc(CC(=O)Oc2ccccc2OC)cc1OC. The normalized spacial score (nSPS) is 9.95. The molecule has 0 aliphatic carbocycles. The molecule has 2 aromatic rings. The van der Waals surface area contributed by atoms with Gasteiger partial charge in [-0.05, 0) is 29.8 Å². The second kappa shape index (κ2) is 7.36. The van der Waals surface area contributed by atoms with Crippen LogP contribution in [0.4, 0.5) is 0 Å². The molecule has 0 aliphatic rings. The van der Waals surface area contributed by atoms with Gasteiger partial charge in [-0.1, -0.05) is 18.2 Å². The topological polar surface area (TPSA) is 54.0 Å². The highest BCUT2D eigenvalue weighted by Gasteiger charge is 2.12. The number of methoxy groups -OCH3 is 3. The maximum absolute atomic E-state index is 12.1. The first kappa shape index (κ1) is 15.7. The number of carbonyl (C=O) groups excluding carboxylic acids is 1. The Balaban J connectivity index is 2.09. The molecular weight excluding hydrogens is 284 g/mol. The first-order valence-corrected chi connectivity index (χ1v) is 6.72. The molecular formula is C17H18O5. The van der Waals surface area contributed by atoms with Crippen molar-refractivity contribution in [3.63, 3.8) is 0 Å². The molecule has 2 aromatic carbocycles. The Morgan fingerprint density at radius 3 is 2.05 bits per heavy atom. The maximum Gasteiger partial charge on any atom is 0.315 e. The van der Waals surface area contributed by atoms with Crippen molar-refractivity contribution >= 4 is 5.97 Å². The second-order valence-electron chi connectivity index (χ2n) is 4.49. The quantitative estimate of drug-likeness (QED) is 0.606. The predicted molar refractivity (Wildman–Crippen MR) is 81.9 cm³/mol. The lowest BCUT2D eigenvalue weighted by atomic mass is 10.1. The van der Waals surface area contributed by atoms with Crippen LogP contribution in [0.15, 0.2) is 42.5 Å². The minimum Gasteiger partial charge on any atom is -0.493 e. The molecule has 2 rings (SSSR count). The summed E-state index contributed by atoms with van der Waals surface area (Å²) in [4.78, 5) is 12.1. The third-order valence-electron chi connectivity index (χ3n) is 3.09. The van der Waals surface area contributed by atoms with Gasteiger partial charge in [-0.2, -0.15) is 0 Å². The van der Waals surface area contributed by atoms with Gasteiger partial charge in [0.2, 0.25) is 0 Å². The Morgan fingerprint density at radius 1 is 0.818 bits per heavy atom. The molecule has 0 fully saturated rings. The van der Waals surface area contributed by atoms with Crippen molar-refractivity contribution in [3.05, 3.63) is 48.0 Å². The van der Waals surface area contributed by atoms with E-state index in [9.17, 15) is 4.79 Å². The number of hydrogen-bond donors (Lipinski definition) is 0. The highest BCUT2D eigenvalue weighted by Crippen LogP contribution is 2.29. The lowest BCUT2D eigenvalue weighted by Gasteiger charge is -2.10. The van der Waals surface area contributed by atoms with Gasteiger partial charge >= 0.3 is 5.97 Å². The molecule has 0 bridgehead atoms. The van der Waals surface area contributed by atoms with Crippen LogP contribution in [-0.2, 0) is 11.2 Å². The highest BCUT2D eigenvalue weighted by molar-refractivity contribution is 5.76. The van der Waals surface area contributed by atoms with Crippen molar-refractivity contribution < 1.29 is 23.7 Å². The van der Waals surface area contributed by atoms with E-state index in [1.54, 1.807) is 50.6 Å². The van der Waals surface area contributed by atoms with Gasteiger partial charge in [0.1, 0.15) is 0 Å². The molecule has 0 amide bonds. The van der Waals surface area contributed by atoms with E-state index >= 15 is 0 Å². The zero-order valence-electron chi connectivity index (χ0n) is 12.8. The number of ether oxygens (including phenoxy) is 4. The van der Waals surface area contributed by atoms with Crippen LogP contribution in [0, 0.1) is 0 Å². The Bertz CT molecular complexity index is 651. The van der Waals surface area contributed by atoms with Gasteiger partial charge in [0.15, 0.2) is 23.0 Å². The van der Waals surface area contributed by atoms with Crippen molar-refractivity contribution in [1.29, 1.82) is 0 Å². The van der Waals surface area contributed by atoms with E-state index in [2.05, 4.69) is 0 Å². The fourth-order valence-corrected chi connectivity index (χ4v) is 2.02. The Labute approximate surface area is 129 Å². The van der Waals surface area contributed by atoms with Gasteiger partial charge in [-0.15, -0.1) is 0 Å². The smallest absolute Gasteiger partial charge is 0.315 e. The Kier molecular flexibility index (Phi) is 5.25. The number of benzene rings is 2. The van der Waals surface area contributed by atoms with Crippen LogP contribution in [0.3, 0.4) is 0 Å². The summed E-state index contributed by atoms with van der Waals surface area (Å²) in [5.41, 5.74) is 0.776. The van der Waals surface area contributed by atoms with Gasteiger partial charge in [0.05, 0.1) is 27.8 Å². The molecule has 5 heteroatoms. The van der Waals surface area contributed by atoms with Crippen LogP contribution >= 0.6 is 0 Å². The highest BCUT2D eigenvalue weighted by atomic mass is 16.6. The van der Waals surface area contributed by atoms with Crippen LogP contribution in [0.1, 0.15) is 5.56 Å². The summed E-state index contributed by atoms with van der Waals surface area (Å²) in [6.45, 7) is 0. The van der Waals surface area contributed by atoms with Crippen LogP contribution < -0.4 is 18.9 Å². The Morgan fingerprint density at radius 2 is 1.41 bits per heavy atom. The largest absolute Gasteiger partial charge is 0.493 e. The van der Waals surface area contributed by atoms with Crippen molar-refractivity contribution in [2.45, 2.75) is 6.42 Å². The fourth-order valence-electron chi connectivity index (χ4n) is 2.02. The first-order chi connectivity index (χ1) is 10.7. The maximum atomic E-state index is 12.1. The molecule has 0 heterocycles. The van der Waals surface area contributed by atoms with E-state index in [-0.39, 0.29) is 12.4 Å². The van der Waals surface area contributed by atoms with Crippen LogP contribution in [0.25, 0.3) is 0 Å². The van der Waals surface area contributed by atoms with Crippen LogP contribution in [0.2, 0.25) is 0 Å². The van der Waals surface area contributed by atoms with Crippen molar-refractivity contribution in [1.82, 2.24) is 0 Å². The predicted octanol–water partition coefficient (Wildman–Crippen LogP) is 2.86. The van der Waals surface area contributed by atoms with Crippen molar-refractivity contribution in [2.75, 3.05) is 21.3 Å². The number of hydrogen-bond acceptors (Lipinski definition) is 5.